The number of unbranched alkanes of at least 4 members (excludes halogenated alkanes) is 25. The average Bonchev–Trinajstić information content (AvgIpc) is 3.45. The molecule has 0 aliphatic heterocycles. The van der Waals surface area contributed by atoms with Gasteiger partial charge in [0.25, 0.3) is 0 Å². The van der Waals surface area contributed by atoms with Crippen molar-refractivity contribution in [2.24, 2.45) is 0 Å². The predicted molar refractivity (Wildman–Crippen MR) is 343 cm³/mol. The molecule has 0 fully saturated rings. The predicted octanol–water partition coefficient (Wildman–Crippen LogP) is 22.5. The van der Waals surface area contributed by atoms with Gasteiger partial charge >= 0.3 is 17.9 Å². The molecule has 1 atom stereocenters. The number of allylic oxidation sites excluding steroid dienone is 22. The fourth-order valence-corrected chi connectivity index (χ4v) is 8.73. The summed E-state index contributed by atoms with van der Waals surface area (Å²) in [7, 11) is 0. The third-order valence-corrected chi connectivity index (χ3v) is 13.6. The van der Waals surface area contributed by atoms with Gasteiger partial charge in [0.15, 0.2) is 6.10 Å². The third-order valence-electron chi connectivity index (χ3n) is 13.6. The Labute approximate surface area is 487 Å². The number of carbonyl (C=O) groups is 3. The number of hydrogen-bond acceptors (Lipinski definition) is 6. The van der Waals surface area contributed by atoms with Crippen LogP contribution in [0.2, 0.25) is 0 Å². The molecule has 1 unspecified atom stereocenters. The molecule has 0 N–H and O–H groups in total. The van der Waals surface area contributed by atoms with Gasteiger partial charge in [-0.1, -0.05) is 270 Å². The molecule has 448 valence electrons. The van der Waals surface area contributed by atoms with Gasteiger partial charge in [0.05, 0.1) is 0 Å². The first kappa shape index (κ1) is 74.5. The molecule has 6 nitrogen and oxygen atoms in total. The lowest BCUT2D eigenvalue weighted by molar-refractivity contribution is -0.167. The van der Waals surface area contributed by atoms with Crippen molar-refractivity contribution in [1.29, 1.82) is 0 Å². The summed E-state index contributed by atoms with van der Waals surface area (Å²) in [5, 5.41) is 0. The molecule has 0 saturated heterocycles. The van der Waals surface area contributed by atoms with Crippen LogP contribution in [0.5, 0.6) is 0 Å². The lowest BCUT2D eigenvalue weighted by Crippen LogP contribution is -2.30. The number of ether oxygens (including phenoxy) is 3. The Morgan fingerprint density at radius 3 is 0.848 bits per heavy atom. The maximum atomic E-state index is 12.9. The molecule has 0 aromatic rings. The number of esters is 3. The van der Waals surface area contributed by atoms with E-state index in [1.807, 2.05) is 0 Å². The zero-order valence-corrected chi connectivity index (χ0v) is 51.3. The Kier molecular flexibility index (Phi) is 62.3. The molecule has 0 spiro atoms. The van der Waals surface area contributed by atoms with E-state index in [0.29, 0.717) is 19.3 Å². The van der Waals surface area contributed by atoms with Gasteiger partial charge in [0.2, 0.25) is 0 Å². The highest BCUT2D eigenvalue weighted by Gasteiger charge is 2.19. The first-order valence-electron chi connectivity index (χ1n) is 32.7. The van der Waals surface area contributed by atoms with Crippen LogP contribution in [0.3, 0.4) is 0 Å². The van der Waals surface area contributed by atoms with Gasteiger partial charge in [-0.05, 0) is 135 Å². The fraction of sp³-hybridized carbons (Fsp3) is 0.658. The van der Waals surface area contributed by atoms with Crippen LogP contribution < -0.4 is 0 Å². The summed E-state index contributed by atoms with van der Waals surface area (Å²) in [6.45, 7) is 6.45. The van der Waals surface area contributed by atoms with Gasteiger partial charge in [-0.15, -0.1) is 0 Å². The fourth-order valence-electron chi connectivity index (χ4n) is 8.73. The standard InChI is InChI=1S/C73H120O6/c1-4-7-10-13-16-19-22-25-28-31-33-35-36-38-39-42-45-48-51-54-57-60-63-66-72(75)78-69-70(68-77-71(74)65-62-59-56-53-50-47-44-41-30-27-24-21-18-15-12-9-6-3)79-73(76)67-64-61-58-55-52-49-46-43-40-37-34-32-29-26-23-20-17-14-11-8-5-2/h7,10,16,18-19,21,23,25-28,30,32-35,38-39,45,48,54,57,70H,4-6,8-9,11-15,17,20,22,24,29,31,36-37,40-44,46-47,49-53,55-56,58-69H2,1-3H3/b10-7-,19-16-,21-18-,26-23-,28-25-,30-27-,34-32-,35-33-,39-38-,48-45-,57-54-. The largest absolute Gasteiger partial charge is 0.462 e. The SMILES string of the molecule is CC/C=C\C/C=C\C/C=C\C/C=C\C/C=C\C/C=C\C/C=C\CCCC(=O)OCC(COC(=O)CCCCCCCCC/C=C\C/C=C\CCCCC)OC(=O)CCCCCCCCCCC/C=C\C/C=C\CCCCCCC. The first-order chi connectivity index (χ1) is 39.0. The van der Waals surface area contributed by atoms with Crippen LogP contribution in [-0.4, -0.2) is 37.2 Å². The zero-order chi connectivity index (χ0) is 57.1. The van der Waals surface area contributed by atoms with Crippen LogP contribution in [0.15, 0.2) is 134 Å². The minimum atomic E-state index is -0.814. The van der Waals surface area contributed by atoms with E-state index in [4.69, 9.17) is 14.2 Å². The Bertz CT molecular complexity index is 1680. The molecule has 6 heteroatoms. The second-order valence-electron chi connectivity index (χ2n) is 21.3. The highest BCUT2D eigenvalue weighted by molar-refractivity contribution is 5.71. The molecule has 0 aromatic heterocycles. The van der Waals surface area contributed by atoms with E-state index in [1.165, 1.54) is 135 Å². The Morgan fingerprint density at radius 2 is 0.506 bits per heavy atom. The second kappa shape index (κ2) is 66.1. The molecule has 0 rings (SSSR count). The van der Waals surface area contributed by atoms with Crippen molar-refractivity contribution in [3.8, 4) is 0 Å². The van der Waals surface area contributed by atoms with Crippen molar-refractivity contribution in [2.45, 2.75) is 297 Å². The van der Waals surface area contributed by atoms with Crippen LogP contribution in [0.4, 0.5) is 0 Å². The topological polar surface area (TPSA) is 78.9 Å². The molecule has 0 aliphatic carbocycles. The normalized spacial score (nSPS) is 13.0. The van der Waals surface area contributed by atoms with Crippen LogP contribution in [0.1, 0.15) is 290 Å². The van der Waals surface area contributed by atoms with Crippen LogP contribution in [0.25, 0.3) is 0 Å². The van der Waals surface area contributed by atoms with E-state index in [1.54, 1.807) is 0 Å². The zero-order valence-electron chi connectivity index (χ0n) is 51.3. The van der Waals surface area contributed by atoms with Gasteiger partial charge in [-0.2, -0.15) is 0 Å². The summed E-state index contributed by atoms with van der Waals surface area (Å²) < 4.78 is 16.9. The maximum absolute atomic E-state index is 12.9. The Morgan fingerprint density at radius 1 is 0.266 bits per heavy atom. The highest BCUT2D eigenvalue weighted by Crippen LogP contribution is 2.15. The second-order valence-corrected chi connectivity index (χ2v) is 21.3. The van der Waals surface area contributed by atoms with Crippen LogP contribution >= 0.6 is 0 Å². The summed E-state index contributed by atoms with van der Waals surface area (Å²) >= 11 is 0. The van der Waals surface area contributed by atoms with Gasteiger partial charge in [-0.3, -0.25) is 14.4 Å². The summed E-state index contributed by atoms with van der Waals surface area (Å²) in [6.07, 6.45) is 93.1. The molecule has 0 bridgehead atoms. The number of rotatable bonds is 58. The van der Waals surface area contributed by atoms with E-state index < -0.39 is 6.10 Å². The quantitative estimate of drug-likeness (QED) is 0.0261. The highest BCUT2D eigenvalue weighted by atomic mass is 16.6. The van der Waals surface area contributed by atoms with Crippen molar-refractivity contribution in [3.63, 3.8) is 0 Å². The lowest BCUT2D eigenvalue weighted by atomic mass is 10.1. The lowest BCUT2D eigenvalue weighted by Gasteiger charge is -2.18. The van der Waals surface area contributed by atoms with E-state index in [0.717, 1.165) is 109 Å². The average molecular weight is 1090 g/mol. The summed E-state index contributed by atoms with van der Waals surface area (Å²) in [4.78, 5) is 38.4. The molecule has 0 aromatic carbocycles. The minimum Gasteiger partial charge on any atom is -0.462 e. The third kappa shape index (κ3) is 64.3. The first-order valence-corrected chi connectivity index (χ1v) is 32.7. The molecular formula is C73H120O6. The van der Waals surface area contributed by atoms with E-state index >= 15 is 0 Å². The van der Waals surface area contributed by atoms with E-state index in [-0.39, 0.29) is 37.5 Å². The van der Waals surface area contributed by atoms with Gasteiger partial charge < -0.3 is 14.2 Å². The van der Waals surface area contributed by atoms with Crippen molar-refractivity contribution < 1.29 is 28.6 Å². The Balaban J connectivity index is 4.51. The van der Waals surface area contributed by atoms with Gasteiger partial charge in [-0.25, -0.2) is 0 Å². The summed E-state index contributed by atoms with van der Waals surface area (Å²) in [5.41, 5.74) is 0. The minimum absolute atomic E-state index is 0.105. The molecule has 0 amide bonds. The number of carbonyl (C=O) groups excluding carboxylic acids is 3. The van der Waals surface area contributed by atoms with E-state index in [9.17, 15) is 14.4 Å². The van der Waals surface area contributed by atoms with Crippen LogP contribution in [-0.2, 0) is 28.6 Å². The monoisotopic (exact) mass is 1090 g/mol. The van der Waals surface area contributed by atoms with Gasteiger partial charge in [0, 0.05) is 19.3 Å². The summed E-state index contributed by atoms with van der Waals surface area (Å²) in [6, 6.07) is 0. The van der Waals surface area contributed by atoms with Crippen molar-refractivity contribution >= 4 is 17.9 Å². The van der Waals surface area contributed by atoms with Crippen molar-refractivity contribution in [3.05, 3.63) is 134 Å². The molecular weight excluding hydrogens is 973 g/mol. The molecule has 0 aliphatic rings. The number of hydrogen-bond donors (Lipinski definition) is 0. The van der Waals surface area contributed by atoms with Gasteiger partial charge in [0.1, 0.15) is 13.2 Å². The molecule has 0 radical (unpaired) electrons. The molecule has 79 heavy (non-hydrogen) atoms. The molecule has 0 heterocycles. The van der Waals surface area contributed by atoms with Crippen molar-refractivity contribution in [1.82, 2.24) is 0 Å². The van der Waals surface area contributed by atoms with E-state index in [2.05, 4.69) is 154 Å². The summed E-state index contributed by atoms with van der Waals surface area (Å²) in [5.74, 6) is -0.975. The van der Waals surface area contributed by atoms with Crippen molar-refractivity contribution in [2.75, 3.05) is 13.2 Å². The molecule has 0 saturated carbocycles. The maximum Gasteiger partial charge on any atom is 0.306 e. The smallest absolute Gasteiger partial charge is 0.306 e. The van der Waals surface area contributed by atoms with Crippen LogP contribution in [0, 0.1) is 0 Å². The Hall–Kier alpha value is -4.45.